The molecule has 1 atom stereocenters. The standard InChI is InChI=1S/C26H30N6OS/c1-3-8-19(2)24-28-25(22-18-27-32(26(22)29-24)20-9-5-4-6-10-20)31-14-12-30(13-15-31)23(33)17-21-11-7-16-34-21/h4-7,9-11,16,18-19H,3,8,12-15,17H2,1-2H3. The maximum atomic E-state index is 12.8. The number of para-hydroxylation sites is 1. The van der Waals surface area contributed by atoms with Gasteiger partial charge in [0.2, 0.25) is 5.91 Å². The Morgan fingerprint density at radius 1 is 1.06 bits per heavy atom. The zero-order valence-electron chi connectivity index (χ0n) is 19.7. The van der Waals surface area contributed by atoms with Crippen molar-refractivity contribution in [1.29, 1.82) is 0 Å². The van der Waals surface area contributed by atoms with Crippen LogP contribution in [-0.2, 0) is 11.2 Å². The van der Waals surface area contributed by atoms with Crippen molar-refractivity contribution in [3.8, 4) is 5.69 Å². The number of benzene rings is 1. The van der Waals surface area contributed by atoms with E-state index in [1.165, 1.54) is 0 Å². The average Bonchev–Trinajstić information content (AvgIpc) is 3.54. The van der Waals surface area contributed by atoms with E-state index in [0.29, 0.717) is 19.5 Å². The van der Waals surface area contributed by atoms with Crippen LogP contribution in [0, 0.1) is 0 Å². The van der Waals surface area contributed by atoms with Gasteiger partial charge in [-0.3, -0.25) is 4.79 Å². The molecule has 0 aliphatic carbocycles. The Morgan fingerprint density at radius 3 is 2.56 bits per heavy atom. The number of nitrogens with zero attached hydrogens (tertiary/aromatic N) is 6. The zero-order chi connectivity index (χ0) is 23.5. The van der Waals surface area contributed by atoms with E-state index in [-0.39, 0.29) is 11.8 Å². The lowest BCUT2D eigenvalue weighted by Gasteiger charge is -2.35. The highest BCUT2D eigenvalue weighted by atomic mass is 32.1. The van der Waals surface area contributed by atoms with Crippen molar-refractivity contribution in [3.63, 3.8) is 0 Å². The van der Waals surface area contributed by atoms with Crippen LogP contribution in [0.25, 0.3) is 16.7 Å². The summed E-state index contributed by atoms with van der Waals surface area (Å²) in [6.07, 6.45) is 4.48. The monoisotopic (exact) mass is 474 g/mol. The van der Waals surface area contributed by atoms with Gasteiger partial charge >= 0.3 is 0 Å². The van der Waals surface area contributed by atoms with Gasteiger partial charge in [-0.05, 0) is 30.0 Å². The van der Waals surface area contributed by atoms with Crippen LogP contribution in [0.2, 0.25) is 0 Å². The molecular formula is C26H30N6OS. The Kier molecular flexibility index (Phi) is 6.58. The topological polar surface area (TPSA) is 67.2 Å². The number of fused-ring (bicyclic) bond motifs is 1. The third kappa shape index (κ3) is 4.55. The minimum absolute atomic E-state index is 0.198. The zero-order valence-corrected chi connectivity index (χ0v) is 20.5. The van der Waals surface area contributed by atoms with E-state index in [1.807, 2.05) is 63.6 Å². The van der Waals surface area contributed by atoms with Crippen LogP contribution in [-0.4, -0.2) is 56.7 Å². The van der Waals surface area contributed by atoms with E-state index < -0.39 is 0 Å². The number of hydrogen-bond acceptors (Lipinski definition) is 6. The predicted molar refractivity (Wildman–Crippen MR) is 137 cm³/mol. The Morgan fingerprint density at radius 2 is 1.85 bits per heavy atom. The molecule has 1 unspecified atom stereocenters. The first kappa shape index (κ1) is 22.5. The second-order valence-electron chi connectivity index (χ2n) is 8.85. The molecular weight excluding hydrogens is 444 g/mol. The summed E-state index contributed by atoms with van der Waals surface area (Å²) in [6, 6.07) is 14.1. The Balaban J connectivity index is 1.43. The molecule has 4 heterocycles. The third-order valence-corrected chi connectivity index (χ3v) is 7.30. The molecule has 0 bridgehead atoms. The first-order chi connectivity index (χ1) is 16.6. The summed E-state index contributed by atoms with van der Waals surface area (Å²) in [5, 5.41) is 7.65. The van der Waals surface area contributed by atoms with Crippen molar-refractivity contribution in [2.45, 2.75) is 39.0 Å². The molecule has 0 saturated carbocycles. The fourth-order valence-corrected chi connectivity index (χ4v) is 5.23. The summed E-state index contributed by atoms with van der Waals surface area (Å²) < 4.78 is 1.91. The number of rotatable bonds is 7. The number of anilines is 1. The molecule has 5 rings (SSSR count). The number of aromatic nitrogens is 4. The lowest BCUT2D eigenvalue weighted by molar-refractivity contribution is -0.130. The minimum atomic E-state index is 0.198. The van der Waals surface area contributed by atoms with E-state index in [9.17, 15) is 4.79 Å². The average molecular weight is 475 g/mol. The number of carbonyl (C=O) groups excluding carboxylic acids is 1. The van der Waals surface area contributed by atoms with Crippen molar-refractivity contribution in [2.75, 3.05) is 31.1 Å². The largest absolute Gasteiger partial charge is 0.352 e. The summed E-state index contributed by atoms with van der Waals surface area (Å²) in [4.78, 5) is 28.2. The Labute approximate surface area is 204 Å². The molecule has 1 fully saturated rings. The van der Waals surface area contributed by atoms with Crippen molar-refractivity contribution in [2.24, 2.45) is 0 Å². The molecule has 3 aromatic heterocycles. The van der Waals surface area contributed by atoms with Crippen molar-refractivity contribution >= 4 is 34.1 Å². The fraction of sp³-hybridized carbons (Fsp3) is 0.385. The smallest absolute Gasteiger partial charge is 0.227 e. The van der Waals surface area contributed by atoms with E-state index in [4.69, 9.17) is 9.97 Å². The summed E-state index contributed by atoms with van der Waals surface area (Å²) in [6.45, 7) is 7.28. The first-order valence-electron chi connectivity index (χ1n) is 12.0. The van der Waals surface area contributed by atoms with Gasteiger partial charge in [-0.25, -0.2) is 14.6 Å². The summed E-state index contributed by atoms with van der Waals surface area (Å²) >= 11 is 1.64. The van der Waals surface area contributed by atoms with E-state index >= 15 is 0 Å². The molecule has 0 radical (unpaired) electrons. The summed E-state index contributed by atoms with van der Waals surface area (Å²) in [5.41, 5.74) is 1.82. The fourth-order valence-electron chi connectivity index (χ4n) is 4.53. The molecule has 0 spiro atoms. The van der Waals surface area contributed by atoms with Crippen molar-refractivity contribution < 1.29 is 4.79 Å². The quantitative estimate of drug-likeness (QED) is 0.389. The van der Waals surface area contributed by atoms with Crippen LogP contribution in [0.4, 0.5) is 5.82 Å². The van der Waals surface area contributed by atoms with Crippen LogP contribution in [0.1, 0.15) is 43.3 Å². The molecule has 1 amide bonds. The number of amides is 1. The molecule has 4 aromatic rings. The van der Waals surface area contributed by atoms with Gasteiger partial charge in [0.25, 0.3) is 0 Å². The van der Waals surface area contributed by atoms with Crippen molar-refractivity contribution in [1.82, 2.24) is 24.6 Å². The molecule has 8 heteroatoms. The number of piperazine rings is 1. The van der Waals surface area contributed by atoms with Crippen LogP contribution < -0.4 is 4.90 Å². The van der Waals surface area contributed by atoms with Crippen LogP contribution in [0.15, 0.2) is 54.0 Å². The maximum absolute atomic E-state index is 12.8. The van der Waals surface area contributed by atoms with Gasteiger partial charge in [-0.1, -0.05) is 44.5 Å². The number of carbonyl (C=O) groups is 1. The molecule has 0 N–H and O–H groups in total. The summed E-state index contributed by atoms with van der Waals surface area (Å²) in [7, 11) is 0. The molecule has 176 valence electrons. The number of thiophene rings is 1. The third-order valence-electron chi connectivity index (χ3n) is 6.43. The normalized spacial score (nSPS) is 15.1. The molecule has 34 heavy (non-hydrogen) atoms. The minimum Gasteiger partial charge on any atom is -0.352 e. The van der Waals surface area contributed by atoms with Gasteiger partial charge in [-0.15, -0.1) is 11.3 Å². The van der Waals surface area contributed by atoms with E-state index in [1.54, 1.807) is 11.3 Å². The highest BCUT2D eigenvalue weighted by Crippen LogP contribution is 2.29. The Hall–Kier alpha value is -3.26. The first-order valence-corrected chi connectivity index (χ1v) is 12.9. The van der Waals surface area contributed by atoms with Gasteiger partial charge in [0.1, 0.15) is 11.6 Å². The SMILES string of the molecule is CCCC(C)c1nc(N2CCN(C(=O)Cc3cccs3)CC2)c2cnn(-c3ccccc3)c2n1. The lowest BCUT2D eigenvalue weighted by atomic mass is 10.1. The molecule has 1 aliphatic heterocycles. The second-order valence-corrected chi connectivity index (χ2v) is 9.88. The molecule has 1 aromatic carbocycles. The van der Waals surface area contributed by atoms with Crippen LogP contribution >= 0.6 is 11.3 Å². The molecule has 1 aliphatic rings. The molecule has 1 saturated heterocycles. The van der Waals surface area contributed by atoms with Gasteiger partial charge in [0, 0.05) is 37.0 Å². The highest BCUT2D eigenvalue weighted by molar-refractivity contribution is 7.10. The van der Waals surface area contributed by atoms with E-state index in [0.717, 1.165) is 59.2 Å². The number of hydrogen-bond donors (Lipinski definition) is 0. The Bertz CT molecular complexity index is 1250. The van der Waals surface area contributed by atoms with Crippen LogP contribution in [0.5, 0.6) is 0 Å². The summed E-state index contributed by atoms with van der Waals surface area (Å²) in [5.74, 6) is 2.25. The van der Waals surface area contributed by atoms with E-state index in [2.05, 4.69) is 23.8 Å². The van der Waals surface area contributed by atoms with Gasteiger partial charge in [-0.2, -0.15) is 5.10 Å². The highest BCUT2D eigenvalue weighted by Gasteiger charge is 2.26. The lowest BCUT2D eigenvalue weighted by Crippen LogP contribution is -2.49. The predicted octanol–water partition coefficient (Wildman–Crippen LogP) is 4.67. The van der Waals surface area contributed by atoms with Crippen LogP contribution in [0.3, 0.4) is 0 Å². The van der Waals surface area contributed by atoms with Gasteiger partial charge in [0.05, 0.1) is 23.7 Å². The molecule has 7 nitrogen and oxygen atoms in total. The second kappa shape index (κ2) is 9.93. The van der Waals surface area contributed by atoms with Crippen molar-refractivity contribution in [3.05, 3.63) is 64.7 Å². The van der Waals surface area contributed by atoms with Gasteiger partial charge < -0.3 is 9.80 Å². The maximum Gasteiger partial charge on any atom is 0.227 e. The van der Waals surface area contributed by atoms with Gasteiger partial charge in [0.15, 0.2) is 5.65 Å².